The van der Waals surface area contributed by atoms with Crippen molar-refractivity contribution in [3.05, 3.63) is 89.4 Å². The monoisotopic (exact) mass is 494 g/mol. The van der Waals surface area contributed by atoms with E-state index in [0.717, 1.165) is 51.6 Å². The molecular weight excluding hydrogens is 464 g/mol. The van der Waals surface area contributed by atoms with Crippen LogP contribution < -0.4 is 5.32 Å². The molecule has 2 aromatic heterocycles. The number of hydrogen-bond donors (Lipinski definition) is 1. The molecule has 2 aromatic carbocycles. The summed E-state index contributed by atoms with van der Waals surface area (Å²) in [4.78, 5) is 16.7. The van der Waals surface area contributed by atoms with Crippen molar-refractivity contribution in [1.29, 1.82) is 0 Å². The van der Waals surface area contributed by atoms with Crippen molar-refractivity contribution >= 4 is 54.4 Å². The fourth-order valence-electron chi connectivity index (χ4n) is 4.16. The Kier molecular flexibility index (Phi) is 6.67. The number of nitrogens with zero attached hydrogens (tertiary/aromatic N) is 3. The third-order valence-electron chi connectivity index (χ3n) is 6.17. The second-order valence-corrected chi connectivity index (χ2v) is 15.8. The van der Waals surface area contributed by atoms with Crippen LogP contribution in [0.3, 0.4) is 0 Å². The van der Waals surface area contributed by atoms with Crippen LogP contribution in [0.4, 0.5) is 5.69 Å². The summed E-state index contributed by atoms with van der Waals surface area (Å²) in [5.41, 5.74) is 6.29. The summed E-state index contributed by atoms with van der Waals surface area (Å²) >= 11 is 0. The largest absolute Gasteiger partial charge is 0.360 e. The van der Waals surface area contributed by atoms with Gasteiger partial charge in [-0.2, -0.15) is 5.10 Å². The Morgan fingerprint density at radius 1 is 1.00 bits per heavy atom. The van der Waals surface area contributed by atoms with E-state index < -0.39 is 8.07 Å². The number of hydrogen-bond acceptors (Lipinski definition) is 4. The molecule has 5 rings (SSSR count). The first-order valence-corrected chi connectivity index (χ1v) is 15.9. The molecule has 0 aliphatic carbocycles. The van der Waals surface area contributed by atoms with Crippen LogP contribution in [-0.4, -0.2) is 35.4 Å². The van der Waals surface area contributed by atoms with Gasteiger partial charge in [0.1, 0.15) is 6.73 Å². The molecule has 1 aliphatic rings. The van der Waals surface area contributed by atoms with Crippen molar-refractivity contribution in [2.75, 3.05) is 11.9 Å². The van der Waals surface area contributed by atoms with Crippen molar-refractivity contribution in [1.82, 2.24) is 14.8 Å². The number of nitrogens with one attached hydrogen (secondary N) is 1. The van der Waals surface area contributed by atoms with Gasteiger partial charge in [-0.25, -0.2) is 4.68 Å². The quantitative estimate of drug-likeness (QED) is 0.175. The molecule has 0 saturated carbocycles. The minimum absolute atomic E-state index is 0.0828. The number of carbonyl (C=O) groups is 1. The van der Waals surface area contributed by atoms with Crippen molar-refractivity contribution in [2.24, 2.45) is 0 Å². The molecule has 36 heavy (non-hydrogen) atoms. The van der Waals surface area contributed by atoms with Crippen LogP contribution in [0.25, 0.3) is 34.7 Å². The van der Waals surface area contributed by atoms with Gasteiger partial charge in [0.05, 0.1) is 11.2 Å². The highest BCUT2D eigenvalue weighted by Crippen LogP contribution is 2.33. The van der Waals surface area contributed by atoms with Gasteiger partial charge >= 0.3 is 0 Å². The van der Waals surface area contributed by atoms with E-state index >= 15 is 0 Å². The van der Waals surface area contributed by atoms with Crippen LogP contribution >= 0.6 is 0 Å². The fraction of sp³-hybridized carbons (Fsp3) is 0.207. The second-order valence-electron chi connectivity index (χ2n) is 10.2. The van der Waals surface area contributed by atoms with Crippen LogP contribution in [0.1, 0.15) is 22.4 Å². The molecule has 0 saturated heterocycles. The minimum Gasteiger partial charge on any atom is -0.360 e. The van der Waals surface area contributed by atoms with Gasteiger partial charge in [0, 0.05) is 49.3 Å². The normalized spacial score (nSPS) is 14.6. The zero-order valence-corrected chi connectivity index (χ0v) is 21.9. The Balaban J connectivity index is 1.49. The van der Waals surface area contributed by atoms with Crippen molar-refractivity contribution < 1.29 is 9.53 Å². The third kappa shape index (κ3) is 5.37. The van der Waals surface area contributed by atoms with E-state index in [1.54, 1.807) is 12.4 Å². The number of fused-ring (bicyclic) bond motifs is 2. The van der Waals surface area contributed by atoms with E-state index in [-0.39, 0.29) is 5.91 Å². The number of benzene rings is 2. The second kappa shape index (κ2) is 10.0. The van der Waals surface area contributed by atoms with Crippen LogP contribution in [-0.2, 0) is 16.3 Å². The third-order valence-corrected chi connectivity index (χ3v) is 7.88. The van der Waals surface area contributed by atoms with Gasteiger partial charge in [-0.05, 0) is 59.7 Å². The molecule has 182 valence electrons. The number of rotatable bonds is 8. The maximum atomic E-state index is 12.6. The standard InChI is InChI=1S/C29H30N4O2Si/c1-36(2,3)17-16-35-20-33-28-11-9-22(18-24-23-6-4-5-7-26(23)31-29(24)34)19-25(28)27(32-33)10-8-21-12-14-30-15-13-21/h4-15,18-19H,16-17,20H2,1-3H3,(H,31,34)/b10-8+,24-18-. The van der Waals surface area contributed by atoms with Gasteiger partial charge in [0.25, 0.3) is 5.91 Å². The van der Waals surface area contributed by atoms with Gasteiger partial charge in [-0.1, -0.05) is 50.0 Å². The van der Waals surface area contributed by atoms with E-state index in [1.165, 1.54) is 0 Å². The molecule has 1 aliphatic heterocycles. The Morgan fingerprint density at radius 3 is 2.61 bits per heavy atom. The summed E-state index contributed by atoms with van der Waals surface area (Å²) in [5, 5.41) is 8.82. The molecule has 0 atom stereocenters. The van der Waals surface area contributed by atoms with Gasteiger partial charge in [-0.3, -0.25) is 9.78 Å². The molecule has 0 radical (unpaired) electrons. The van der Waals surface area contributed by atoms with Crippen LogP contribution in [0.15, 0.2) is 67.0 Å². The Labute approximate surface area is 212 Å². The smallest absolute Gasteiger partial charge is 0.256 e. The van der Waals surface area contributed by atoms with Crippen molar-refractivity contribution in [3.8, 4) is 0 Å². The van der Waals surface area contributed by atoms with Gasteiger partial charge in [0.2, 0.25) is 0 Å². The zero-order chi connectivity index (χ0) is 25.1. The highest BCUT2D eigenvalue weighted by molar-refractivity contribution is 6.76. The number of para-hydroxylation sites is 1. The van der Waals surface area contributed by atoms with Crippen LogP contribution in [0.5, 0.6) is 0 Å². The molecular formula is C29H30N4O2Si. The summed E-state index contributed by atoms with van der Waals surface area (Å²) in [6, 6.07) is 19.0. The van der Waals surface area contributed by atoms with E-state index in [4.69, 9.17) is 9.84 Å². The zero-order valence-electron chi connectivity index (χ0n) is 20.9. The Bertz CT molecular complexity index is 1470. The SMILES string of the molecule is C[Si](C)(C)CCOCn1nc(/C=C/c2ccncc2)c2cc(/C=C3\C(=O)Nc4ccccc43)ccc21. The van der Waals surface area contributed by atoms with Crippen molar-refractivity contribution in [3.63, 3.8) is 0 Å². The maximum absolute atomic E-state index is 12.6. The molecule has 0 fully saturated rings. The van der Waals surface area contributed by atoms with Crippen molar-refractivity contribution in [2.45, 2.75) is 32.4 Å². The lowest BCUT2D eigenvalue weighted by Gasteiger charge is -2.15. The summed E-state index contributed by atoms with van der Waals surface area (Å²) in [6.07, 6.45) is 9.55. The Morgan fingerprint density at radius 2 is 1.81 bits per heavy atom. The number of aromatic nitrogens is 3. The van der Waals surface area contributed by atoms with E-state index in [9.17, 15) is 4.79 Å². The lowest BCUT2D eigenvalue weighted by molar-refractivity contribution is -0.110. The highest BCUT2D eigenvalue weighted by atomic mass is 28.3. The van der Waals surface area contributed by atoms with Gasteiger partial charge < -0.3 is 10.1 Å². The molecule has 1 N–H and O–H groups in total. The molecule has 1 amide bonds. The molecule has 4 aromatic rings. The van der Waals surface area contributed by atoms with Gasteiger partial charge in [0.15, 0.2) is 0 Å². The molecule has 6 nitrogen and oxygen atoms in total. The number of ether oxygens (including phenoxy) is 1. The predicted molar refractivity (Wildman–Crippen MR) is 150 cm³/mol. The molecule has 0 unspecified atom stereocenters. The van der Waals surface area contributed by atoms with Crippen LogP contribution in [0.2, 0.25) is 25.7 Å². The number of anilines is 1. The average Bonchev–Trinajstić information content (AvgIpc) is 3.37. The topological polar surface area (TPSA) is 69.0 Å². The summed E-state index contributed by atoms with van der Waals surface area (Å²) < 4.78 is 7.93. The first-order chi connectivity index (χ1) is 17.4. The van der Waals surface area contributed by atoms with E-state index in [2.05, 4.69) is 42.1 Å². The highest BCUT2D eigenvalue weighted by Gasteiger charge is 2.23. The number of pyridine rings is 1. The summed E-state index contributed by atoms with van der Waals surface area (Å²) in [5.74, 6) is -0.0828. The summed E-state index contributed by atoms with van der Waals surface area (Å²) in [7, 11) is -1.16. The first kappa shape index (κ1) is 23.9. The summed E-state index contributed by atoms with van der Waals surface area (Å²) in [6.45, 7) is 8.18. The van der Waals surface area contributed by atoms with E-state index in [0.29, 0.717) is 12.3 Å². The number of carbonyl (C=O) groups excluding carboxylic acids is 1. The average molecular weight is 495 g/mol. The molecule has 3 heterocycles. The lowest BCUT2D eigenvalue weighted by Crippen LogP contribution is -2.22. The predicted octanol–water partition coefficient (Wildman–Crippen LogP) is 6.41. The fourth-order valence-corrected chi connectivity index (χ4v) is 4.92. The van der Waals surface area contributed by atoms with Crippen LogP contribution in [0, 0.1) is 0 Å². The number of amides is 1. The first-order valence-electron chi connectivity index (χ1n) is 12.2. The van der Waals surface area contributed by atoms with Gasteiger partial charge in [-0.15, -0.1) is 0 Å². The lowest BCUT2D eigenvalue weighted by atomic mass is 10.0. The Hall–Kier alpha value is -3.81. The minimum atomic E-state index is -1.16. The molecule has 0 bridgehead atoms. The maximum Gasteiger partial charge on any atom is 0.256 e. The molecule has 7 heteroatoms. The molecule has 0 spiro atoms. The van der Waals surface area contributed by atoms with E-state index in [1.807, 2.05) is 65.4 Å².